The monoisotopic (exact) mass is 198 g/mol. The Bertz CT molecular complexity index is 324. The molecule has 4 nitrogen and oxygen atoms in total. The minimum absolute atomic E-state index is 0.450. The van der Waals surface area contributed by atoms with Gasteiger partial charge < -0.3 is 5.32 Å². The second-order valence-corrected chi connectivity index (χ2v) is 3.21. The quantitative estimate of drug-likeness (QED) is 0.803. The Morgan fingerprint density at radius 2 is 2.08 bits per heavy atom. The van der Waals surface area contributed by atoms with E-state index >= 15 is 0 Å². The topological polar surface area (TPSA) is 50.7 Å². The zero-order chi connectivity index (χ0) is 9.84. The van der Waals surface area contributed by atoms with E-state index < -0.39 is 0 Å². The first-order chi connectivity index (χ1) is 6.09. The van der Waals surface area contributed by atoms with E-state index in [1.807, 2.05) is 13.8 Å². The minimum Gasteiger partial charge on any atom is -0.348 e. The molecule has 0 saturated heterocycles. The van der Waals surface area contributed by atoms with Gasteiger partial charge in [-0.05, 0) is 13.8 Å². The normalized spacial score (nSPS) is 9.77. The summed E-state index contributed by atoms with van der Waals surface area (Å²) in [4.78, 5) is 4.16. The largest absolute Gasteiger partial charge is 0.348 e. The van der Waals surface area contributed by atoms with E-state index in [0.29, 0.717) is 17.5 Å². The predicted molar refractivity (Wildman–Crippen MR) is 52.8 cm³/mol. The number of aromatic nitrogens is 3. The standard InChI is InChI=1S/C8H11ClN4/c1-5(9)4-10-8-11-6(2)7(3)12-13-8/h1,4H2,2-3H3,(H,10,11,13). The van der Waals surface area contributed by atoms with Gasteiger partial charge in [-0.3, -0.25) is 0 Å². The Kier molecular flexibility index (Phi) is 3.19. The zero-order valence-corrected chi connectivity index (χ0v) is 8.39. The molecule has 0 aliphatic rings. The van der Waals surface area contributed by atoms with E-state index in [4.69, 9.17) is 11.6 Å². The minimum atomic E-state index is 0.450. The third-order valence-electron chi connectivity index (χ3n) is 1.53. The molecule has 0 atom stereocenters. The van der Waals surface area contributed by atoms with Crippen molar-refractivity contribution in [3.63, 3.8) is 0 Å². The Labute approximate surface area is 82.0 Å². The van der Waals surface area contributed by atoms with Gasteiger partial charge in [-0.1, -0.05) is 18.2 Å². The number of rotatable bonds is 3. The summed E-state index contributed by atoms with van der Waals surface area (Å²) in [6.07, 6.45) is 0. The fraction of sp³-hybridized carbons (Fsp3) is 0.375. The summed E-state index contributed by atoms with van der Waals surface area (Å²) in [7, 11) is 0. The molecule has 0 aromatic carbocycles. The second-order valence-electron chi connectivity index (χ2n) is 2.68. The highest BCUT2D eigenvalue weighted by Crippen LogP contribution is 2.03. The Morgan fingerprint density at radius 3 is 2.62 bits per heavy atom. The van der Waals surface area contributed by atoms with Crippen LogP contribution in [0.25, 0.3) is 0 Å². The average molecular weight is 199 g/mol. The summed E-state index contributed by atoms with van der Waals surface area (Å²) in [5.74, 6) is 0.477. The van der Waals surface area contributed by atoms with Gasteiger partial charge in [0, 0.05) is 5.03 Å². The Hall–Kier alpha value is -1.16. The molecule has 1 N–H and O–H groups in total. The van der Waals surface area contributed by atoms with Crippen LogP contribution in [0.4, 0.5) is 5.95 Å². The van der Waals surface area contributed by atoms with Gasteiger partial charge in [0.15, 0.2) is 0 Å². The first-order valence-corrected chi connectivity index (χ1v) is 4.22. The van der Waals surface area contributed by atoms with Gasteiger partial charge in [-0.25, -0.2) is 4.98 Å². The molecule has 0 spiro atoms. The predicted octanol–water partition coefficient (Wildman–Crippen LogP) is 1.65. The van der Waals surface area contributed by atoms with E-state index in [1.54, 1.807) is 0 Å². The number of hydrogen-bond acceptors (Lipinski definition) is 4. The molecule has 13 heavy (non-hydrogen) atoms. The molecule has 1 heterocycles. The molecule has 0 bridgehead atoms. The number of halogens is 1. The summed E-state index contributed by atoms with van der Waals surface area (Å²) in [5, 5.41) is 11.2. The van der Waals surface area contributed by atoms with Gasteiger partial charge in [0.25, 0.3) is 0 Å². The molecule has 5 heteroatoms. The zero-order valence-electron chi connectivity index (χ0n) is 7.63. The lowest BCUT2D eigenvalue weighted by Gasteiger charge is -2.03. The first-order valence-electron chi connectivity index (χ1n) is 3.84. The molecule has 0 amide bonds. The molecule has 0 unspecified atom stereocenters. The van der Waals surface area contributed by atoms with E-state index in [-0.39, 0.29) is 0 Å². The van der Waals surface area contributed by atoms with Crippen LogP contribution in [0.15, 0.2) is 11.6 Å². The van der Waals surface area contributed by atoms with Gasteiger partial charge >= 0.3 is 0 Å². The molecule has 70 valence electrons. The molecular weight excluding hydrogens is 188 g/mol. The highest BCUT2D eigenvalue weighted by molar-refractivity contribution is 6.29. The number of hydrogen-bond donors (Lipinski definition) is 1. The molecule has 0 aliphatic carbocycles. The van der Waals surface area contributed by atoms with Crippen molar-refractivity contribution in [3.05, 3.63) is 23.0 Å². The lowest BCUT2D eigenvalue weighted by atomic mass is 10.4. The fourth-order valence-electron chi connectivity index (χ4n) is 0.707. The SMILES string of the molecule is C=C(Cl)CNc1nnc(C)c(C)n1. The number of nitrogens with zero attached hydrogens (tertiary/aromatic N) is 3. The van der Waals surface area contributed by atoms with E-state index in [2.05, 4.69) is 27.1 Å². The van der Waals surface area contributed by atoms with Gasteiger partial charge in [0.05, 0.1) is 17.9 Å². The van der Waals surface area contributed by atoms with Crippen molar-refractivity contribution in [2.24, 2.45) is 0 Å². The van der Waals surface area contributed by atoms with E-state index in [1.165, 1.54) is 0 Å². The lowest BCUT2D eigenvalue weighted by Crippen LogP contribution is -2.08. The van der Waals surface area contributed by atoms with Crippen molar-refractivity contribution >= 4 is 17.5 Å². The van der Waals surface area contributed by atoms with Crippen LogP contribution in [-0.4, -0.2) is 21.7 Å². The van der Waals surface area contributed by atoms with Gasteiger partial charge in [-0.15, -0.1) is 5.10 Å². The maximum absolute atomic E-state index is 5.57. The smallest absolute Gasteiger partial charge is 0.243 e. The molecule has 0 radical (unpaired) electrons. The second kappa shape index (κ2) is 4.18. The molecule has 0 aliphatic heterocycles. The maximum atomic E-state index is 5.57. The average Bonchev–Trinajstić information content (AvgIpc) is 2.07. The van der Waals surface area contributed by atoms with Gasteiger partial charge in [0.2, 0.25) is 5.95 Å². The molecule has 1 aromatic heterocycles. The van der Waals surface area contributed by atoms with Crippen molar-refractivity contribution in [1.82, 2.24) is 15.2 Å². The number of anilines is 1. The molecular formula is C8H11ClN4. The molecule has 0 fully saturated rings. The van der Waals surface area contributed by atoms with Crippen LogP contribution in [0.1, 0.15) is 11.4 Å². The van der Waals surface area contributed by atoms with Crippen LogP contribution in [-0.2, 0) is 0 Å². The number of aryl methyl sites for hydroxylation is 2. The highest BCUT2D eigenvalue weighted by atomic mass is 35.5. The maximum Gasteiger partial charge on any atom is 0.243 e. The summed E-state index contributed by atoms with van der Waals surface area (Å²) < 4.78 is 0. The third-order valence-corrected chi connectivity index (χ3v) is 1.66. The van der Waals surface area contributed by atoms with Crippen molar-refractivity contribution in [2.45, 2.75) is 13.8 Å². The molecule has 1 rings (SSSR count). The van der Waals surface area contributed by atoms with Crippen LogP contribution in [0.5, 0.6) is 0 Å². The van der Waals surface area contributed by atoms with E-state index in [9.17, 15) is 0 Å². The summed E-state index contributed by atoms with van der Waals surface area (Å²) >= 11 is 5.57. The van der Waals surface area contributed by atoms with Crippen LogP contribution in [0.2, 0.25) is 0 Å². The van der Waals surface area contributed by atoms with Crippen LogP contribution < -0.4 is 5.32 Å². The Morgan fingerprint density at radius 1 is 1.38 bits per heavy atom. The van der Waals surface area contributed by atoms with Crippen molar-refractivity contribution in [3.8, 4) is 0 Å². The summed E-state index contributed by atoms with van der Waals surface area (Å²) in [6, 6.07) is 0. The van der Waals surface area contributed by atoms with Gasteiger partial charge in [-0.2, -0.15) is 5.10 Å². The van der Waals surface area contributed by atoms with Crippen molar-refractivity contribution in [2.75, 3.05) is 11.9 Å². The third kappa shape index (κ3) is 2.99. The fourth-order valence-corrected chi connectivity index (χ4v) is 0.774. The Balaban J connectivity index is 2.68. The first kappa shape index (κ1) is 9.92. The molecule has 1 aromatic rings. The molecule has 0 saturated carbocycles. The van der Waals surface area contributed by atoms with Gasteiger partial charge in [0.1, 0.15) is 0 Å². The number of nitrogens with one attached hydrogen (secondary N) is 1. The van der Waals surface area contributed by atoms with Crippen LogP contribution in [0, 0.1) is 13.8 Å². The highest BCUT2D eigenvalue weighted by Gasteiger charge is 2.00. The summed E-state index contributed by atoms with van der Waals surface area (Å²) in [5.41, 5.74) is 1.69. The van der Waals surface area contributed by atoms with E-state index in [0.717, 1.165) is 11.4 Å². The lowest BCUT2D eigenvalue weighted by molar-refractivity contribution is 0.895. The summed E-state index contributed by atoms with van der Waals surface area (Å²) in [6.45, 7) is 7.73. The van der Waals surface area contributed by atoms with Crippen LogP contribution in [0.3, 0.4) is 0 Å². The van der Waals surface area contributed by atoms with Crippen molar-refractivity contribution in [1.29, 1.82) is 0 Å². The van der Waals surface area contributed by atoms with Crippen molar-refractivity contribution < 1.29 is 0 Å². The van der Waals surface area contributed by atoms with Crippen LogP contribution >= 0.6 is 11.6 Å².